The molecule has 80 valence electrons. The highest BCUT2D eigenvalue weighted by Crippen LogP contribution is 2.14. The van der Waals surface area contributed by atoms with Crippen LogP contribution >= 0.6 is 11.8 Å². The predicted molar refractivity (Wildman–Crippen MR) is 56.0 cm³/mol. The van der Waals surface area contributed by atoms with E-state index in [1.165, 1.54) is 0 Å². The van der Waals surface area contributed by atoms with Crippen molar-refractivity contribution in [1.82, 2.24) is 20.2 Å². The van der Waals surface area contributed by atoms with Crippen LogP contribution in [0.1, 0.15) is 26.1 Å². The number of hydrogen-bond acceptors (Lipinski definition) is 5. The zero-order chi connectivity index (χ0) is 10.4. The van der Waals surface area contributed by atoms with Gasteiger partial charge in [0, 0.05) is 11.8 Å². The third-order valence-corrected chi connectivity index (χ3v) is 2.94. The minimum absolute atomic E-state index is 0.194. The summed E-state index contributed by atoms with van der Waals surface area (Å²) < 4.78 is 1.82. The molecule has 0 amide bonds. The monoisotopic (exact) mass is 216 g/mol. The van der Waals surface area contributed by atoms with Gasteiger partial charge in [-0.3, -0.25) is 0 Å². The summed E-state index contributed by atoms with van der Waals surface area (Å²) in [7, 11) is 0. The molecule has 0 bridgehead atoms. The van der Waals surface area contributed by atoms with Gasteiger partial charge in [-0.25, -0.2) is 4.68 Å². The zero-order valence-electron chi connectivity index (χ0n) is 8.55. The summed E-state index contributed by atoms with van der Waals surface area (Å²) in [5.74, 6) is 1.64. The molecule has 5 nitrogen and oxygen atoms in total. The van der Waals surface area contributed by atoms with Gasteiger partial charge in [-0.05, 0) is 16.8 Å². The van der Waals surface area contributed by atoms with E-state index in [4.69, 9.17) is 5.11 Å². The summed E-state index contributed by atoms with van der Waals surface area (Å²) >= 11 is 1.66. The molecule has 14 heavy (non-hydrogen) atoms. The molecule has 0 spiro atoms. The fourth-order valence-corrected chi connectivity index (χ4v) is 1.73. The molecule has 0 aliphatic heterocycles. The van der Waals surface area contributed by atoms with Gasteiger partial charge in [0.05, 0.1) is 12.4 Å². The second-order valence-electron chi connectivity index (χ2n) is 3.12. The summed E-state index contributed by atoms with van der Waals surface area (Å²) in [6, 6.07) is 0. The van der Waals surface area contributed by atoms with Gasteiger partial charge in [-0.15, -0.1) is 16.9 Å². The molecular formula is C8H16N4OS. The first-order chi connectivity index (χ1) is 6.77. The molecule has 1 N–H and O–H groups in total. The Labute approximate surface area is 87.9 Å². The van der Waals surface area contributed by atoms with E-state index in [1.54, 1.807) is 11.8 Å². The van der Waals surface area contributed by atoms with E-state index in [-0.39, 0.29) is 11.9 Å². The van der Waals surface area contributed by atoms with E-state index in [9.17, 15) is 0 Å². The Kier molecular flexibility index (Phi) is 4.89. The molecule has 6 heteroatoms. The first-order valence-corrected chi connectivity index (χ1v) is 5.80. The number of tetrazole rings is 1. The first-order valence-electron chi connectivity index (χ1n) is 4.75. The number of nitrogens with zero attached hydrogens (tertiary/aromatic N) is 4. The fourth-order valence-electron chi connectivity index (χ4n) is 0.982. The van der Waals surface area contributed by atoms with Crippen LogP contribution in [0.2, 0.25) is 0 Å². The Balaban J connectivity index is 2.45. The van der Waals surface area contributed by atoms with E-state index in [0.29, 0.717) is 0 Å². The first kappa shape index (κ1) is 11.5. The van der Waals surface area contributed by atoms with Crippen molar-refractivity contribution in [3.8, 4) is 0 Å². The quantitative estimate of drug-likeness (QED) is 0.758. The predicted octanol–water partition coefficient (Wildman–Crippen LogP) is 0.697. The van der Waals surface area contributed by atoms with Gasteiger partial charge in [0.15, 0.2) is 5.82 Å². The molecule has 0 fully saturated rings. The lowest BCUT2D eigenvalue weighted by molar-refractivity contribution is 0.300. The molecule has 1 aromatic rings. The Morgan fingerprint density at radius 3 is 3.00 bits per heavy atom. The molecule has 0 radical (unpaired) electrons. The minimum Gasteiger partial charge on any atom is -0.395 e. The maximum absolute atomic E-state index is 8.86. The summed E-state index contributed by atoms with van der Waals surface area (Å²) in [6.45, 7) is 5.13. The van der Waals surface area contributed by atoms with Crippen LogP contribution in [0.4, 0.5) is 0 Å². The summed E-state index contributed by atoms with van der Waals surface area (Å²) in [6.07, 6.45) is 1.03. The molecular weight excluding hydrogens is 200 g/mol. The Morgan fingerprint density at radius 2 is 2.36 bits per heavy atom. The number of hydrogen-bond donors (Lipinski definition) is 1. The second kappa shape index (κ2) is 5.98. The van der Waals surface area contributed by atoms with Gasteiger partial charge in [0.25, 0.3) is 0 Å². The number of aromatic nitrogens is 4. The third kappa shape index (κ3) is 3.26. The average molecular weight is 216 g/mol. The van der Waals surface area contributed by atoms with Crippen LogP contribution in [0.3, 0.4) is 0 Å². The van der Waals surface area contributed by atoms with Gasteiger partial charge in [-0.1, -0.05) is 13.8 Å². The van der Waals surface area contributed by atoms with Crippen LogP contribution in [-0.2, 0) is 12.3 Å². The molecule has 1 aromatic heterocycles. The van der Waals surface area contributed by atoms with Crippen LogP contribution in [0.15, 0.2) is 0 Å². The maximum Gasteiger partial charge on any atom is 0.161 e. The van der Waals surface area contributed by atoms with E-state index >= 15 is 0 Å². The molecule has 1 rings (SSSR count). The summed E-state index contributed by atoms with van der Waals surface area (Å²) in [5, 5.41) is 20.6. The van der Waals surface area contributed by atoms with Crippen LogP contribution in [0, 0.1) is 0 Å². The van der Waals surface area contributed by atoms with Gasteiger partial charge >= 0.3 is 0 Å². The normalized spacial score (nSPS) is 13.1. The fraction of sp³-hybridized carbons (Fsp3) is 0.875. The highest BCUT2D eigenvalue weighted by atomic mass is 32.2. The average Bonchev–Trinajstić information content (AvgIpc) is 2.62. The van der Waals surface area contributed by atoms with Crippen LogP contribution < -0.4 is 0 Å². The van der Waals surface area contributed by atoms with Crippen LogP contribution in [0.5, 0.6) is 0 Å². The molecule has 1 atom stereocenters. The van der Waals surface area contributed by atoms with Gasteiger partial charge in [-0.2, -0.15) is 0 Å². The van der Waals surface area contributed by atoms with Gasteiger partial charge < -0.3 is 5.11 Å². The minimum atomic E-state index is 0.194. The van der Waals surface area contributed by atoms with E-state index in [1.807, 2.05) is 11.6 Å². The largest absolute Gasteiger partial charge is 0.395 e. The highest BCUT2D eigenvalue weighted by molar-refractivity contribution is 7.99. The third-order valence-electron chi connectivity index (χ3n) is 1.80. The van der Waals surface area contributed by atoms with Crippen molar-refractivity contribution in [1.29, 1.82) is 0 Å². The number of rotatable bonds is 6. The van der Waals surface area contributed by atoms with Crippen molar-refractivity contribution in [2.75, 3.05) is 6.61 Å². The number of aliphatic hydroxyl groups is 1. The maximum atomic E-state index is 8.86. The van der Waals surface area contributed by atoms with Crippen LogP contribution in [0.25, 0.3) is 0 Å². The van der Waals surface area contributed by atoms with Crippen LogP contribution in [-0.4, -0.2) is 37.2 Å². The smallest absolute Gasteiger partial charge is 0.161 e. The second-order valence-corrected chi connectivity index (χ2v) is 4.55. The molecule has 0 unspecified atom stereocenters. The molecule has 0 saturated carbocycles. The molecule has 0 aromatic carbocycles. The summed E-state index contributed by atoms with van der Waals surface area (Å²) in [5.41, 5.74) is 0. The Hall–Kier alpha value is -0.620. The van der Waals surface area contributed by atoms with Gasteiger partial charge in [0.1, 0.15) is 0 Å². The lowest BCUT2D eigenvalue weighted by atomic mass is 10.5. The van der Waals surface area contributed by atoms with Crippen molar-refractivity contribution in [2.24, 2.45) is 0 Å². The van der Waals surface area contributed by atoms with Crippen molar-refractivity contribution in [2.45, 2.75) is 37.8 Å². The summed E-state index contributed by atoms with van der Waals surface area (Å²) in [4.78, 5) is 0. The Bertz CT molecular complexity index is 266. The van der Waals surface area contributed by atoms with Gasteiger partial charge in [0.2, 0.25) is 0 Å². The number of aryl methyl sites for hydroxylation is 1. The van der Waals surface area contributed by atoms with Crippen molar-refractivity contribution < 1.29 is 5.11 Å². The van der Waals surface area contributed by atoms with Crippen molar-refractivity contribution in [3.63, 3.8) is 0 Å². The number of aliphatic hydroxyl groups excluding tert-OH is 1. The highest BCUT2D eigenvalue weighted by Gasteiger charge is 2.07. The number of thioether (sulfide) groups is 1. The lowest BCUT2D eigenvalue weighted by Gasteiger charge is -2.06. The molecule has 0 aliphatic rings. The molecule has 0 saturated heterocycles. The van der Waals surface area contributed by atoms with E-state index in [0.717, 1.165) is 24.5 Å². The molecule has 1 heterocycles. The zero-order valence-corrected chi connectivity index (χ0v) is 9.37. The Morgan fingerprint density at radius 1 is 1.57 bits per heavy atom. The van der Waals surface area contributed by atoms with E-state index in [2.05, 4.69) is 22.4 Å². The SMILES string of the molecule is CCCn1nnnc1CS[C@@H](C)CO. The lowest BCUT2D eigenvalue weighted by Crippen LogP contribution is -2.07. The van der Waals surface area contributed by atoms with E-state index < -0.39 is 0 Å². The van der Waals surface area contributed by atoms with Crippen molar-refractivity contribution >= 4 is 11.8 Å². The van der Waals surface area contributed by atoms with Crippen molar-refractivity contribution in [3.05, 3.63) is 5.82 Å². The molecule has 0 aliphatic carbocycles. The topological polar surface area (TPSA) is 63.8 Å². The standard InChI is InChI=1S/C8H16N4OS/c1-3-4-12-8(9-10-11-12)6-14-7(2)5-13/h7,13H,3-6H2,1-2H3/t7-/m0/s1.